The normalized spacial score (nSPS) is 23.7. The molecule has 0 bridgehead atoms. The Morgan fingerprint density at radius 2 is 1.93 bits per heavy atom. The van der Waals surface area contributed by atoms with E-state index in [1.807, 2.05) is 0 Å². The van der Waals surface area contributed by atoms with Crippen molar-refractivity contribution in [3.05, 3.63) is 59.4 Å². The Hall–Kier alpha value is -2.07. The lowest BCUT2D eigenvalue weighted by Gasteiger charge is -2.49. The smallest absolute Gasteiger partial charge is 0.123 e. The van der Waals surface area contributed by atoms with E-state index >= 15 is 0 Å². The lowest BCUT2D eigenvalue weighted by atomic mass is 9.64. The summed E-state index contributed by atoms with van der Waals surface area (Å²) in [5, 5.41) is 0. The number of rotatable bonds is 8. The van der Waals surface area contributed by atoms with Crippen molar-refractivity contribution in [2.45, 2.75) is 62.8 Å². The van der Waals surface area contributed by atoms with Gasteiger partial charge in [-0.1, -0.05) is 38.0 Å². The van der Waals surface area contributed by atoms with Crippen LogP contribution < -0.4 is 15.4 Å². The van der Waals surface area contributed by atoms with Crippen molar-refractivity contribution in [2.24, 2.45) is 5.73 Å². The molecule has 1 aliphatic carbocycles. The Balaban J connectivity index is 1.80. The fourth-order valence-corrected chi connectivity index (χ4v) is 5.19. The Bertz CT molecular complexity index is 850. The summed E-state index contributed by atoms with van der Waals surface area (Å²) in [7, 11) is 1.69. The third-order valence-electron chi connectivity index (χ3n) is 6.85. The zero-order valence-corrected chi connectivity index (χ0v) is 17.7. The highest BCUT2D eigenvalue weighted by Gasteiger charge is 2.47. The summed E-state index contributed by atoms with van der Waals surface area (Å²) < 4.78 is 20.1. The Kier molecular flexibility index (Phi) is 5.82. The molecule has 29 heavy (non-hydrogen) atoms. The number of para-hydroxylation sites is 1. The standard InChI is InChI=1S/C25H33FN2O/c1-25(22-16-18(26)11-14-24(22)29-2)17-28(19-12-13-19)23-10-6-5-8-20(23)21(25)9-4-3-7-15-27/h5-6,8,10-11,14,16,19,21H,3-4,7,9,12-13,15,17,27H2,1-2H3. The highest BCUT2D eigenvalue weighted by molar-refractivity contribution is 5.63. The maximum Gasteiger partial charge on any atom is 0.123 e. The minimum absolute atomic E-state index is 0.194. The summed E-state index contributed by atoms with van der Waals surface area (Å²) in [5.41, 5.74) is 9.25. The summed E-state index contributed by atoms with van der Waals surface area (Å²) in [6.07, 6.45) is 6.89. The molecule has 2 unspecified atom stereocenters. The average Bonchev–Trinajstić information content (AvgIpc) is 3.57. The summed E-state index contributed by atoms with van der Waals surface area (Å²) in [5.74, 6) is 0.916. The largest absolute Gasteiger partial charge is 0.496 e. The number of ether oxygens (including phenoxy) is 1. The predicted octanol–water partition coefficient (Wildman–Crippen LogP) is 5.38. The van der Waals surface area contributed by atoms with Crippen LogP contribution >= 0.6 is 0 Å². The first-order valence-electron chi connectivity index (χ1n) is 11.0. The second kappa shape index (κ2) is 8.35. The molecule has 0 spiro atoms. The van der Waals surface area contributed by atoms with Crippen molar-refractivity contribution in [3.8, 4) is 5.75 Å². The molecule has 0 amide bonds. The third-order valence-corrected chi connectivity index (χ3v) is 6.85. The second-order valence-electron chi connectivity index (χ2n) is 8.87. The van der Waals surface area contributed by atoms with Crippen LogP contribution in [0.5, 0.6) is 5.75 Å². The number of hydrogen-bond donors (Lipinski definition) is 1. The molecule has 4 rings (SSSR count). The van der Waals surface area contributed by atoms with Gasteiger partial charge in [0.2, 0.25) is 0 Å². The molecule has 2 atom stereocenters. The number of unbranched alkanes of at least 4 members (excludes halogenated alkanes) is 2. The van der Waals surface area contributed by atoms with E-state index in [1.165, 1.54) is 30.2 Å². The van der Waals surface area contributed by atoms with Crippen LogP contribution in [-0.4, -0.2) is 26.2 Å². The van der Waals surface area contributed by atoms with Crippen LogP contribution in [0.1, 0.15) is 62.5 Å². The monoisotopic (exact) mass is 396 g/mol. The maximum atomic E-state index is 14.4. The van der Waals surface area contributed by atoms with E-state index in [1.54, 1.807) is 19.2 Å². The number of nitrogens with zero attached hydrogens (tertiary/aromatic N) is 1. The van der Waals surface area contributed by atoms with Gasteiger partial charge >= 0.3 is 0 Å². The van der Waals surface area contributed by atoms with Gasteiger partial charge in [-0.3, -0.25) is 0 Å². The number of fused-ring (bicyclic) bond motifs is 1. The van der Waals surface area contributed by atoms with E-state index in [4.69, 9.17) is 10.5 Å². The summed E-state index contributed by atoms with van der Waals surface area (Å²) in [6, 6.07) is 14.4. The Labute approximate surface area is 174 Å². The molecule has 1 heterocycles. The molecule has 1 aliphatic heterocycles. The van der Waals surface area contributed by atoms with E-state index < -0.39 is 0 Å². The van der Waals surface area contributed by atoms with Crippen LogP contribution in [0.2, 0.25) is 0 Å². The van der Waals surface area contributed by atoms with Crippen LogP contribution in [0.25, 0.3) is 0 Å². The van der Waals surface area contributed by atoms with Gasteiger partial charge < -0.3 is 15.4 Å². The van der Waals surface area contributed by atoms with Crippen molar-refractivity contribution in [2.75, 3.05) is 25.1 Å². The van der Waals surface area contributed by atoms with Crippen molar-refractivity contribution in [1.82, 2.24) is 0 Å². The molecule has 156 valence electrons. The number of halogens is 1. The fourth-order valence-electron chi connectivity index (χ4n) is 5.19. The highest BCUT2D eigenvalue weighted by atomic mass is 19.1. The van der Waals surface area contributed by atoms with Gasteiger partial charge in [0.15, 0.2) is 0 Å². The van der Waals surface area contributed by atoms with Gasteiger partial charge in [0, 0.05) is 29.3 Å². The molecule has 4 heteroatoms. The first-order chi connectivity index (χ1) is 14.1. The fraction of sp³-hybridized carbons (Fsp3) is 0.520. The topological polar surface area (TPSA) is 38.5 Å². The van der Waals surface area contributed by atoms with Crippen LogP contribution in [0.4, 0.5) is 10.1 Å². The average molecular weight is 397 g/mol. The molecule has 1 fully saturated rings. The number of anilines is 1. The van der Waals surface area contributed by atoms with Crippen molar-refractivity contribution in [3.63, 3.8) is 0 Å². The van der Waals surface area contributed by atoms with Crippen LogP contribution in [0, 0.1) is 5.82 Å². The van der Waals surface area contributed by atoms with Crippen LogP contribution in [-0.2, 0) is 5.41 Å². The molecule has 2 aliphatic rings. The number of benzene rings is 2. The van der Waals surface area contributed by atoms with Gasteiger partial charge in [-0.2, -0.15) is 0 Å². The lowest BCUT2D eigenvalue weighted by molar-refractivity contribution is 0.312. The van der Waals surface area contributed by atoms with E-state index in [9.17, 15) is 4.39 Å². The molecule has 0 radical (unpaired) electrons. The molecule has 2 aromatic carbocycles. The molecule has 2 N–H and O–H groups in total. The van der Waals surface area contributed by atoms with E-state index in [-0.39, 0.29) is 11.2 Å². The first kappa shape index (κ1) is 20.2. The molecular weight excluding hydrogens is 363 g/mol. The van der Waals surface area contributed by atoms with E-state index in [0.717, 1.165) is 50.1 Å². The first-order valence-corrected chi connectivity index (χ1v) is 11.0. The zero-order valence-electron chi connectivity index (χ0n) is 17.7. The van der Waals surface area contributed by atoms with Gasteiger partial charge in [0.1, 0.15) is 11.6 Å². The van der Waals surface area contributed by atoms with Gasteiger partial charge in [-0.15, -0.1) is 0 Å². The van der Waals surface area contributed by atoms with Crippen LogP contribution in [0.15, 0.2) is 42.5 Å². The lowest BCUT2D eigenvalue weighted by Crippen LogP contribution is -2.48. The van der Waals surface area contributed by atoms with Gasteiger partial charge in [0.05, 0.1) is 7.11 Å². The number of nitrogens with two attached hydrogens (primary N) is 1. The van der Waals surface area contributed by atoms with E-state index in [2.05, 4.69) is 36.1 Å². The molecule has 3 nitrogen and oxygen atoms in total. The Morgan fingerprint density at radius 3 is 2.66 bits per heavy atom. The van der Waals surface area contributed by atoms with Crippen molar-refractivity contribution < 1.29 is 9.13 Å². The highest BCUT2D eigenvalue weighted by Crippen LogP contribution is 2.53. The third kappa shape index (κ3) is 3.87. The van der Waals surface area contributed by atoms with E-state index in [0.29, 0.717) is 12.0 Å². The summed E-state index contributed by atoms with van der Waals surface area (Å²) in [4.78, 5) is 2.57. The summed E-state index contributed by atoms with van der Waals surface area (Å²) >= 11 is 0. The number of hydrogen-bond acceptors (Lipinski definition) is 3. The Morgan fingerprint density at radius 1 is 1.14 bits per heavy atom. The quantitative estimate of drug-likeness (QED) is 0.609. The van der Waals surface area contributed by atoms with Gasteiger partial charge in [-0.05, 0) is 68.0 Å². The zero-order chi connectivity index (χ0) is 20.4. The molecule has 2 aromatic rings. The predicted molar refractivity (Wildman–Crippen MR) is 117 cm³/mol. The van der Waals surface area contributed by atoms with Crippen molar-refractivity contribution in [1.29, 1.82) is 0 Å². The molecule has 0 aromatic heterocycles. The SMILES string of the molecule is COc1ccc(F)cc1C1(C)CN(C2CC2)c2ccccc2C1CCCCCN. The maximum absolute atomic E-state index is 14.4. The summed E-state index contributed by atoms with van der Waals surface area (Å²) in [6.45, 7) is 3.95. The van der Waals surface area contributed by atoms with Gasteiger partial charge in [-0.25, -0.2) is 4.39 Å². The second-order valence-corrected chi connectivity index (χ2v) is 8.87. The molecule has 1 saturated carbocycles. The van der Waals surface area contributed by atoms with Crippen molar-refractivity contribution >= 4 is 5.69 Å². The van der Waals surface area contributed by atoms with Gasteiger partial charge in [0.25, 0.3) is 0 Å². The molecule has 0 saturated heterocycles. The number of methoxy groups -OCH3 is 1. The minimum atomic E-state index is -0.215. The molecular formula is C25H33FN2O. The van der Waals surface area contributed by atoms with Crippen LogP contribution in [0.3, 0.4) is 0 Å². The minimum Gasteiger partial charge on any atom is -0.496 e.